The fraction of sp³-hybridized carbons (Fsp3) is 0.682. The second-order valence-corrected chi connectivity index (χ2v) is 8.48. The van der Waals surface area contributed by atoms with Crippen molar-refractivity contribution in [3.63, 3.8) is 0 Å². The Kier molecular flexibility index (Phi) is 7.68. The number of carboxylic acid groups (broad SMARTS) is 1. The molecule has 5 nitrogen and oxygen atoms in total. The summed E-state index contributed by atoms with van der Waals surface area (Å²) in [7, 11) is 0. The van der Waals surface area contributed by atoms with Crippen LogP contribution in [0.1, 0.15) is 63.6 Å². The zero-order valence-corrected chi connectivity index (χ0v) is 17.5. The Morgan fingerprint density at radius 2 is 2.07 bits per heavy atom. The second kappa shape index (κ2) is 9.56. The van der Waals surface area contributed by atoms with Crippen molar-refractivity contribution in [1.82, 2.24) is 4.90 Å². The van der Waals surface area contributed by atoms with Crippen LogP contribution in [0.4, 0.5) is 0 Å². The van der Waals surface area contributed by atoms with Crippen molar-refractivity contribution >= 4 is 5.97 Å². The SMILES string of the molecule is CCCCCOc1cc(C)c(C(C)(C)C)cc1CN1CCOC[C@H]1C(=O)O. The molecule has 1 saturated heterocycles. The fourth-order valence-electron chi connectivity index (χ4n) is 3.60. The topological polar surface area (TPSA) is 59.0 Å². The van der Waals surface area contributed by atoms with Crippen molar-refractivity contribution in [3.05, 3.63) is 28.8 Å². The Labute approximate surface area is 163 Å². The van der Waals surface area contributed by atoms with Crippen LogP contribution in [-0.4, -0.2) is 48.4 Å². The summed E-state index contributed by atoms with van der Waals surface area (Å²) in [4.78, 5) is 13.6. The number of carboxylic acids is 1. The van der Waals surface area contributed by atoms with Crippen molar-refractivity contribution in [1.29, 1.82) is 0 Å². The smallest absolute Gasteiger partial charge is 0.323 e. The summed E-state index contributed by atoms with van der Waals surface area (Å²) in [6.07, 6.45) is 3.34. The van der Waals surface area contributed by atoms with E-state index in [1.165, 1.54) is 11.1 Å². The minimum absolute atomic E-state index is 0.0246. The number of rotatable bonds is 8. The van der Waals surface area contributed by atoms with E-state index in [2.05, 4.69) is 46.8 Å². The largest absolute Gasteiger partial charge is 0.493 e. The number of aryl methyl sites for hydroxylation is 1. The predicted molar refractivity (Wildman–Crippen MR) is 108 cm³/mol. The summed E-state index contributed by atoms with van der Waals surface area (Å²) in [6, 6.07) is 3.72. The minimum atomic E-state index is -0.830. The Morgan fingerprint density at radius 1 is 1.33 bits per heavy atom. The molecule has 0 saturated carbocycles. The van der Waals surface area contributed by atoms with Gasteiger partial charge in [-0.25, -0.2) is 0 Å². The highest BCUT2D eigenvalue weighted by atomic mass is 16.5. The Hall–Kier alpha value is -1.59. The molecule has 152 valence electrons. The van der Waals surface area contributed by atoms with E-state index < -0.39 is 12.0 Å². The van der Waals surface area contributed by atoms with E-state index in [-0.39, 0.29) is 12.0 Å². The molecular formula is C22H35NO4. The summed E-state index contributed by atoms with van der Waals surface area (Å²) in [5.74, 6) is 0.0514. The lowest BCUT2D eigenvalue weighted by molar-refractivity contribution is -0.150. The van der Waals surface area contributed by atoms with Crippen molar-refractivity contribution in [3.8, 4) is 5.75 Å². The van der Waals surface area contributed by atoms with Crippen LogP contribution >= 0.6 is 0 Å². The van der Waals surface area contributed by atoms with Crippen molar-refractivity contribution in [2.24, 2.45) is 0 Å². The predicted octanol–water partition coefficient (Wildman–Crippen LogP) is 4.15. The first-order valence-electron chi connectivity index (χ1n) is 10.1. The number of nitrogens with zero attached hydrogens (tertiary/aromatic N) is 1. The normalized spacial score (nSPS) is 18.5. The molecule has 0 bridgehead atoms. The molecule has 2 rings (SSSR count). The van der Waals surface area contributed by atoms with Gasteiger partial charge in [-0.05, 0) is 36.0 Å². The molecule has 1 heterocycles. The number of hydrogen-bond donors (Lipinski definition) is 1. The lowest BCUT2D eigenvalue weighted by Crippen LogP contribution is -2.49. The van der Waals surface area contributed by atoms with E-state index in [1.807, 2.05) is 4.90 Å². The molecule has 1 aromatic rings. The lowest BCUT2D eigenvalue weighted by atomic mass is 9.83. The fourth-order valence-corrected chi connectivity index (χ4v) is 3.60. The maximum atomic E-state index is 11.6. The zero-order chi connectivity index (χ0) is 20.0. The molecule has 1 aliphatic rings. The van der Waals surface area contributed by atoms with Crippen LogP contribution in [0, 0.1) is 6.92 Å². The molecule has 27 heavy (non-hydrogen) atoms. The van der Waals surface area contributed by atoms with Crippen LogP contribution in [0.3, 0.4) is 0 Å². The van der Waals surface area contributed by atoms with Crippen molar-refractivity contribution in [2.45, 2.75) is 71.9 Å². The van der Waals surface area contributed by atoms with Gasteiger partial charge in [0.25, 0.3) is 0 Å². The van der Waals surface area contributed by atoms with E-state index in [0.29, 0.717) is 26.3 Å². The summed E-state index contributed by atoms with van der Waals surface area (Å²) in [5.41, 5.74) is 3.58. The van der Waals surface area contributed by atoms with Crippen LogP contribution in [0.15, 0.2) is 12.1 Å². The van der Waals surface area contributed by atoms with Crippen LogP contribution in [0.25, 0.3) is 0 Å². The highest BCUT2D eigenvalue weighted by molar-refractivity contribution is 5.73. The summed E-state index contributed by atoms with van der Waals surface area (Å²) in [5, 5.41) is 9.53. The number of ether oxygens (including phenoxy) is 2. The first-order valence-corrected chi connectivity index (χ1v) is 10.1. The molecule has 1 atom stereocenters. The number of morpholine rings is 1. The van der Waals surface area contributed by atoms with Crippen LogP contribution in [-0.2, 0) is 21.5 Å². The van der Waals surface area contributed by atoms with Crippen molar-refractivity contribution in [2.75, 3.05) is 26.4 Å². The average molecular weight is 378 g/mol. The molecule has 0 unspecified atom stereocenters. The molecular weight excluding hydrogens is 342 g/mol. The second-order valence-electron chi connectivity index (χ2n) is 8.48. The monoisotopic (exact) mass is 377 g/mol. The van der Waals surface area contributed by atoms with Gasteiger partial charge in [-0.3, -0.25) is 9.69 Å². The van der Waals surface area contributed by atoms with E-state index in [1.54, 1.807) is 0 Å². The van der Waals surface area contributed by atoms with Gasteiger partial charge in [0, 0.05) is 18.7 Å². The average Bonchev–Trinajstić information content (AvgIpc) is 2.60. The molecule has 0 radical (unpaired) electrons. The third-order valence-corrected chi connectivity index (χ3v) is 5.12. The van der Waals surface area contributed by atoms with E-state index >= 15 is 0 Å². The standard InChI is InChI=1S/C22H35NO4/c1-6-7-8-10-27-20-12-16(2)18(22(3,4)5)13-17(20)14-23-9-11-26-15-19(23)21(24)25/h12-13,19H,6-11,14-15H2,1-5H3,(H,24,25)/t19-/m0/s1. The molecule has 5 heteroatoms. The van der Waals surface area contributed by atoms with Gasteiger partial charge >= 0.3 is 5.97 Å². The van der Waals surface area contributed by atoms with Gasteiger partial charge in [0.1, 0.15) is 11.8 Å². The van der Waals surface area contributed by atoms with Crippen molar-refractivity contribution < 1.29 is 19.4 Å². The summed E-state index contributed by atoms with van der Waals surface area (Å²) < 4.78 is 11.5. The quantitative estimate of drug-likeness (QED) is 0.690. The maximum absolute atomic E-state index is 11.6. The zero-order valence-electron chi connectivity index (χ0n) is 17.5. The molecule has 0 amide bonds. The van der Waals surface area contributed by atoms with Crippen LogP contribution in [0.5, 0.6) is 5.75 Å². The highest BCUT2D eigenvalue weighted by Gasteiger charge is 2.30. The first-order chi connectivity index (χ1) is 12.7. The van der Waals surface area contributed by atoms with Gasteiger partial charge in [0.05, 0.1) is 19.8 Å². The minimum Gasteiger partial charge on any atom is -0.493 e. The maximum Gasteiger partial charge on any atom is 0.323 e. The summed E-state index contributed by atoms with van der Waals surface area (Å²) >= 11 is 0. The summed E-state index contributed by atoms with van der Waals surface area (Å²) in [6.45, 7) is 13.6. The Balaban J connectivity index is 2.30. The highest BCUT2D eigenvalue weighted by Crippen LogP contribution is 2.33. The van der Waals surface area contributed by atoms with Gasteiger partial charge in [-0.15, -0.1) is 0 Å². The van der Waals surface area contributed by atoms with E-state index in [9.17, 15) is 9.90 Å². The number of benzene rings is 1. The molecule has 1 aromatic carbocycles. The Bertz CT molecular complexity index is 636. The van der Waals surface area contributed by atoms with Gasteiger partial charge in [-0.2, -0.15) is 0 Å². The molecule has 1 fully saturated rings. The third kappa shape index (κ3) is 5.94. The van der Waals surface area contributed by atoms with Crippen LogP contribution < -0.4 is 4.74 Å². The number of carbonyl (C=O) groups is 1. The molecule has 0 aromatic heterocycles. The van der Waals surface area contributed by atoms with Crippen LogP contribution in [0.2, 0.25) is 0 Å². The van der Waals surface area contributed by atoms with E-state index in [4.69, 9.17) is 9.47 Å². The van der Waals surface area contributed by atoms with E-state index in [0.717, 1.165) is 30.6 Å². The number of aliphatic carboxylic acids is 1. The molecule has 1 N–H and O–H groups in total. The van der Waals surface area contributed by atoms with Gasteiger partial charge < -0.3 is 14.6 Å². The van der Waals surface area contributed by atoms with Gasteiger partial charge in [0.15, 0.2) is 0 Å². The lowest BCUT2D eigenvalue weighted by Gasteiger charge is -2.34. The first kappa shape index (κ1) is 21.7. The number of unbranched alkanes of at least 4 members (excludes halogenated alkanes) is 2. The third-order valence-electron chi connectivity index (χ3n) is 5.12. The molecule has 0 spiro atoms. The number of hydrogen-bond acceptors (Lipinski definition) is 4. The van der Waals surface area contributed by atoms with Gasteiger partial charge in [-0.1, -0.05) is 46.6 Å². The Morgan fingerprint density at radius 3 is 2.70 bits per heavy atom. The molecule has 1 aliphatic heterocycles. The molecule has 0 aliphatic carbocycles. The van der Waals surface area contributed by atoms with Gasteiger partial charge in [0.2, 0.25) is 0 Å².